The molecule has 0 aliphatic rings. The summed E-state index contributed by atoms with van der Waals surface area (Å²) >= 11 is 3.31. The van der Waals surface area contributed by atoms with Gasteiger partial charge in [0.15, 0.2) is 5.65 Å². The molecule has 4 nitrogen and oxygen atoms in total. The van der Waals surface area contributed by atoms with Gasteiger partial charge < -0.3 is 4.74 Å². The Morgan fingerprint density at radius 1 is 1.25 bits per heavy atom. The minimum atomic E-state index is -0.516. The molecule has 20 heavy (non-hydrogen) atoms. The van der Waals surface area contributed by atoms with Gasteiger partial charge >= 0.3 is 0 Å². The van der Waals surface area contributed by atoms with Crippen LogP contribution in [0.5, 0.6) is 5.88 Å². The molecule has 0 radical (unpaired) electrons. The third kappa shape index (κ3) is 2.49. The second-order valence-electron chi connectivity index (χ2n) is 4.05. The van der Waals surface area contributed by atoms with Crippen LogP contribution in [0.4, 0.5) is 8.78 Å². The first-order valence-electron chi connectivity index (χ1n) is 5.70. The highest BCUT2D eigenvalue weighted by Gasteiger charge is 2.07. The van der Waals surface area contributed by atoms with Gasteiger partial charge in [-0.15, -0.1) is 0 Å². The van der Waals surface area contributed by atoms with Gasteiger partial charge in [-0.1, -0.05) is 0 Å². The number of hydrogen-bond donors (Lipinski definition) is 0. The first-order chi connectivity index (χ1) is 9.63. The van der Waals surface area contributed by atoms with Crippen LogP contribution in [0.2, 0.25) is 0 Å². The molecule has 0 fully saturated rings. The fourth-order valence-electron chi connectivity index (χ4n) is 1.71. The summed E-state index contributed by atoms with van der Waals surface area (Å²) in [5.74, 6) is -0.715. The van der Waals surface area contributed by atoms with E-state index in [1.165, 1.54) is 0 Å². The second-order valence-corrected chi connectivity index (χ2v) is 4.91. The van der Waals surface area contributed by atoms with Crippen LogP contribution in [0.15, 0.2) is 41.1 Å². The summed E-state index contributed by atoms with van der Waals surface area (Å²) in [6, 6.07) is 4.83. The molecule has 102 valence electrons. The molecule has 3 aromatic rings. The van der Waals surface area contributed by atoms with Crippen LogP contribution in [0.3, 0.4) is 0 Å². The smallest absolute Gasteiger partial charge is 0.217 e. The van der Waals surface area contributed by atoms with E-state index in [-0.39, 0.29) is 12.2 Å². The number of nitrogens with zero attached hydrogens (tertiary/aromatic N) is 3. The van der Waals surface area contributed by atoms with E-state index in [0.29, 0.717) is 11.5 Å². The van der Waals surface area contributed by atoms with E-state index in [1.54, 1.807) is 23.0 Å². The van der Waals surface area contributed by atoms with Crippen molar-refractivity contribution in [2.24, 2.45) is 0 Å². The van der Waals surface area contributed by atoms with E-state index in [1.807, 2.05) is 0 Å². The first-order valence-corrected chi connectivity index (χ1v) is 6.49. The maximum Gasteiger partial charge on any atom is 0.217 e. The first kappa shape index (κ1) is 13.0. The molecule has 2 heterocycles. The molecular weight excluding hydrogens is 332 g/mol. The Labute approximate surface area is 121 Å². The monoisotopic (exact) mass is 339 g/mol. The molecule has 2 aromatic heterocycles. The molecule has 0 atom stereocenters. The summed E-state index contributed by atoms with van der Waals surface area (Å²) in [5, 5.41) is 4.05. The molecule has 1 aromatic carbocycles. The quantitative estimate of drug-likeness (QED) is 0.734. The second kappa shape index (κ2) is 5.16. The maximum absolute atomic E-state index is 13.5. The highest BCUT2D eigenvalue weighted by Crippen LogP contribution is 2.19. The molecule has 0 bridgehead atoms. The Kier molecular flexibility index (Phi) is 3.35. The number of fused-ring (bicyclic) bond motifs is 1. The van der Waals surface area contributed by atoms with Crippen molar-refractivity contribution in [2.45, 2.75) is 6.61 Å². The van der Waals surface area contributed by atoms with Crippen LogP contribution in [-0.4, -0.2) is 14.6 Å². The Balaban J connectivity index is 1.82. The summed E-state index contributed by atoms with van der Waals surface area (Å²) in [5.41, 5.74) is 0.724. The Hall–Kier alpha value is -2.02. The van der Waals surface area contributed by atoms with Gasteiger partial charge in [-0.25, -0.2) is 13.3 Å². The molecule has 0 amide bonds. The Bertz CT molecular complexity index is 775. The highest BCUT2D eigenvalue weighted by atomic mass is 79.9. The number of ether oxygens (including phenoxy) is 1. The fourth-order valence-corrected chi connectivity index (χ4v) is 2.07. The maximum atomic E-state index is 13.5. The molecule has 0 saturated heterocycles. The van der Waals surface area contributed by atoms with E-state index in [0.717, 1.165) is 22.7 Å². The average molecular weight is 340 g/mol. The van der Waals surface area contributed by atoms with Crippen LogP contribution in [0, 0.1) is 11.6 Å². The molecule has 3 rings (SSSR count). The minimum Gasteiger partial charge on any atom is -0.473 e. The molecule has 0 aliphatic carbocycles. The van der Waals surface area contributed by atoms with Gasteiger partial charge in [0.2, 0.25) is 5.88 Å². The lowest BCUT2D eigenvalue weighted by atomic mass is 10.2. The lowest BCUT2D eigenvalue weighted by Crippen LogP contribution is -2.01. The zero-order valence-electron chi connectivity index (χ0n) is 10.1. The van der Waals surface area contributed by atoms with Crippen molar-refractivity contribution >= 4 is 21.6 Å². The number of hydrogen-bond acceptors (Lipinski definition) is 3. The van der Waals surface area contributed by atoms with Crippen LogP contribution in [0.25, 0.3) is 5.65 Å². The van der Waals surface area contributed by atoms with Gasteiger partial charge in [-0.2, -0.15) is 10.1 Å². The molecule has 0 aliphatic heterocycles. The van der Waals surface area contributed by atoms with E-state index in [4.69, 9.17) is 4.74 Å². The van der Waals surface area contributed by atoms with E-state index in [9.17, 15) is 8.78 Å². The summed E-state index contributed by atoms with van der Waals surface area (Å²) in [7, 11) is 0. The van der Waals surface area contributed by atoms with Crippen molar-refractivity contribution in [1.29, 1.82) is 0 Å². The van der Waals surface area contributed by atoms with Crippen LogP contribution >= 0.6 is 15.9 Å². The Morgan fingerprint density at radius 2 is 2.10 bits per heavy atom. The van der Waals surface area contributed by atoms with E-state index < -0.39 is 11.6 Å². The zero-order valence-corrected chi connectivity index (χ0v) is 11.6. The lowest BCUT2D eigenvalue weighted by molar-refractivity contribution is 0.287. The molecular formula is C13H8BrF2N3O. The van der Waals surface area contributed by atoms with Crippen molar-refractivity contribution in [3.05, 3.63) is 58.3 Å². The summed E-state index contributed by atoms with van der Waals surface area (Å²) < 4.78 is 34.2. The van der Waals surface area contributed by atoms with Gasteiger partial charge in [0, 0.05) is 17.8 Å². The predicted octanol–water partition coefficient (Wildman–Crippen LogP) is 3.35. The van der Waals surface area contributed by atoms with Crippen molar-refractivity contribution in [3.8, 4) is 5.88 Å². The number of rotatable bonds is 3. The van der Waals surface area contributed by atoms with Gasteiger partial charge in [0.05, 0.1) is 10.7 Å². The number of halogens is 3. The minimum absolute atomic E-state index is 0.0987. The third-order valence-corrected chi connectivity index (χ3v) is 3.24. The Morgan fingerprint density at radius 3 is 2.95 bits per heavy atom. The van der Waals surface area contributed by atoms with E-state index >= 15 is 0 Å². The van der Waals surface area contributed by atoms with Crippen molar-refractivity contribution in [2.75, 3.05) is 0 Å². The fraction of sp³-hybridized carbons (Fsp3) is 0.0769. The summed E-state index contributed by atoms with van der Waals surface area (Å²) in [4.78, 5) is 4.22. The largest absolute Gasteiger partial charge is 0.473 e. The number of aromatic nitrogens is 3. The molecule has 0 spiro atoms. The molecule has 0 N–H and O–H groups in total. The molecule has 7 heteroatoms. The molecule has 0 saturated carbocycles. The predicted molar refractivity (Wildman–Crippen MR) is 71.4 cm³/mol. The average Bonchev–Trinajstić information content (AvgIpc) is 2.81. The standard InChI is InChI=1S/C13H8BrF2N3O/c14-10-6-17-19-4-3-12(18-13(10)19)20-7-8-5-9(15)1-2-11(8)16/h1-6H,7H2. The lowest BCUT2D eigenvalue weighted by Gasteiger charge is -2.06. The van der Waals surface area contributed by atoms with Gasteiger partial charge in [0.25, 0.3) is 0 Å². The van der Waals surface area contributed by atoms with Crippen LogP contribution < -0.4 is 4.74 Å². The zero-order chi connectivity index (χ0) is 14.1. The van der Waals surface area contributed by atoms with Gasteiger partial charge in [-0.3, -0.25) is 0 Å². The van der Waals surface area contributed by atoms with Gasteiger partial charge in [0.1, 0.15) is 18.2 Å². The van der Waals surface area contributed by atoms with Crippen molar-refractivity contribution < 1.29 is 13.5 Å². The van der Waals surface area contributed by atoms with Crippen LogP contribution in [0.1, 0.15) is 5.56 Å². The number of benzene rings is 1. The van der Waals surface area contributed by atoms with Gasteiger partial charge in [-0.05, 0) is 34.1 Å². The van der Waals surface area contributed by atoms with Crippen LogP contribution in [-0.2, 0) is 6.61 Å². The van der Waals surface area contributed by atoms with Crippen molar-refractivity contribution in [3.63, 3.8) is 0 Å². The summed E-state index contributed by atoms with van der Waals surface area (Å²) in [6.07, 6.45) is 3.28. The topological polar surface area (TPSA) is 39.4 Å². The molecule has 0 unspecified atom stereocenters. The SMILES string of the molecule is Fc1ccc(F)c(COc2ccn3ncc(Br)c3n2)c1. The summed E-state index contributed by atoms with van der Waals surface area (Å²) in [6.45, 7) is -0.0987. The normalized spacial score (nSPS) is 10.9. The third-order valence-electron chi connectivity index (χ3n) is 2.68. The van der Waals surface area contributed by atoms with Crippen molar-refractivity contribution in [1.82, 2.24) is 14.6 Å². The van der Waals surface area contributed by atoms with E-state index in [2.05, 4.69) is 26.0 Å². The highest BCUT2D eigenvalue weighted by molar-refractivity contribution is 9.10.